The summed E-state index contributed by atoms with van der Waals surface area (Å²) in [7, 11) is 0. The Labute approximate surface area is 170 Å². The van der Waals surface area contributed by atoms with Gasteiger partial charge in [0, 0.05) is 25.2 Å². The molecule has 0 radical (unpaired) electrons. The molecule has 1 aliphatic heterocycles. The maximum atomic E-state index is 13.0. The van der Waals surface area contributed by atoms with Crippen LogP contribution in [0.15, 0.2) is 24.5 Å². The summed E-state index contributed by atoms with van der Waals surface area (Å²) in [5.74, 6) is 1.52. The molecule has 3 aliphatic rings. The van der Waals surface area contributed by atoms with Gasteiger partial charge in [-0.3, -0.25) is 4.79 Å². The van der Waals surface area contributed by atoms with Crippen molar-refractivity contribution in [1.29, 1.82) is 0 Å². The first-order valence-electron chi connectivity index (χ1n) is 10.4. The molecule has 2 aromatic heterocycles. The Kier molecular flexibility index (Phi) is 3.80. The van der Waals surface area contributed by atoms with Crippen molar-refractivity contribution < 1.29 is 14.3 Å². The number of pyridine rings is 1. The van der Waals surface area contributed by atoms with E-state index in [1.165, 1.54) is 5.56 Å². The van der Waals surface area contributed by atoms with E-state index in [2.05, 4.69) is 27.7 Å². The SMILES string of the molecule is Cc1cccn2c(C3(NC(=O)C4C5CN(C(=O)OC(C)(C)C)CC54)CC3)ncc12. The van der Waals surface area contributed by atoms with E-state index in [1.807, 2.05) is 39.2 Å². The number of likely N-dealkylation sites (tertiary alicyclic amines) is 1. The second-order valence-electron chi connectivity index (χ2n) is 9.84. The van der Waals surface area contributed by atoms with E-state index in [0.717, 1.165) is 24.2 Å². The second kappa shape index (κ2) is 5.97. The van der Waals surface area contributed by atoms with Crippen molar-refractivity contribution in [3.63, 3.8) is 0 Å². The maximum absolute atomic E-state index is 13.0. The molecule has 2 saturated carbocycles. The number of hydrogen-bond donors (Lipinski definition) is 1. The number of carbonyl (C=O) groups excluding carboxylic acids is 2. The predicted octanol–water partition coefficient (Wildman–Crippen LogP) is 2.86. The zero-order valence-electron chi connectivity index (χ0n) is 17.4. The molecule has 0 spiro atoms. The largest absolute Gasteiger partial charge is 0.444 e. The predicted molar refractivity (Wildman–Crippen MR) is 107 cm³/mol. The van der Waals surface area contributed by atoms with Crippen molar-refractivity contribution in [2.45, 2.75) is 51.7 Å². The smallest absolute Gasteiger partial charge is 0.410 e. The molecule has 0 bridgehead atoms. The summed E-state index contributed by atoms with van der Waals surface area (Å²) in [5, 5.41) is 3.30. The monoisotopic (exact) mass is 396 g/mol. The zero-order chi connectivity index (χ0) is 20.6. The average Bonchev–Trinajstić information content (AvgIpc) is 3.42. The highest BCUT2D eigenvalue weighted by Crippen LogP contribution is 2.53. The van der Waals surface area contributed by atoms with Crippen LogP contribution >= 0.6 is 0 Å². The molecule has 2 aliphatic carbocycles. The van der Waals surface area contributed by atoms with E-state index in [1.54, 1.807) is 4.90 Å². The number of rotatable bonds is 3. The zero-order valence-corrected chi connectivity index (χ0v) is 17.4. The molecule has 2 aromatic rings. The molecule has 2 atom stereocenters. The first kappa shape index (κ1) is 18.5. The Morgan fingerprint density at radius 3 is 2.55 bits per heavy atom. The molecule has 7 nitrogen and oxygen atoms in total. The number of aromatic nitrogens is 2. The number of ether oxygens (including phenoxy) is 1. The molecule has 1 N–H and O–H groups in total. The van der Waals surface area contributed by atoms with Gasteiger partial charge in [-0.1, -0.05) is 6.07 Å². The van der Waals surface area contributed by atoms with Crippen molar-refractivity contribution in [3.8, 4) is 0 Å². The molecule has 29 heavy (non-hydrogen) atoms. The molecule has 154 valence electrons. The molecule has 3 fully saturated rings. The average molecular weight is 396 g/mol. The molecule has 5 rings (SSSR count). The first-order chi connectivity index (χ1) is 13.7. The van der Waals surface area contributed by atoms with E-state index in [9.17, 15) is 9.59 Å². The van der Waals surface area contributed by atoms with Crippen molar-refractivity contribution >= 4 is 17.5 Å². The lowest BCUT2D eigenvalue weighted by atomic mass is 10.2. The quantitative estimate of drug-likeness (QED) is 0.866. The topological polar surface area (TPSA) is 75.9 Å². The van der Waals surface area contributed by atoms with Crippen molar-refractivity contribution in [2.24, 2.45) is 17.8 Å². The lowest BCUT2D eigenvalue weighted by molar-refractivity contribution is -0.124. The molecule has 1 saturated heterocycles. The van der Waals surface area contributed by atoms with Gasteiger partial charge in [0.1, 0.15) is 11.4 Å². The van der Waals surface area contributed by atoms with E-state index >= 15 is 0 Å². The van der Waals surface area contributed by atoms with Crippen LogP contribution < -0.4 is 5.32 Å². The van der Waals surface area contributed by atoms with Crippen LogP contribution in [0.25, 0.3) is 5.52 Å². The van der Waals surface area contributed by atoms with Gasteiger partial charge < -0.3 is 19.4 Å². The third-order valence-corrected chi connectivity index (χ3v) is 6.47. The van der Waals surface area contributed by atoms with Crippen LogP contribution in [-0.4, -0.2) is 45.0 Å². The van der Waals surface area contributed by atoms with Gasteiger partial charge in [0.15, 0.2) is 0 Å². The van der Waals surface area contributed by atoms with Gasteiger partial charge in [0.25, 0.3) is 0 Å². The summed E-state index contributed by atoms with van der Waals surface area (Å²) < 4.78 is 7.55. The highest BCUT2D eigenvalue weighted by molar-refractivity contribution is 5.84. The van der Waals surface area contributed by atoms with Crippen LogP contribution in [0.4, 0.5) is 4.79 Å². The molecular weight excluding hydrogens is 368 g/mol. The van der Waals surface area contributed by atoms with E-state index in [4.69, 9.17) is 4.74 Å². The minimum Gasteiger partial charge on any atom is -0.444 e. The van der Waals surface area contributed by atoms with Gasteiger partial charge in [0.05, 0.1) is 17.3 Å². The minimum atomic E-state index is -0.496. The number of amides is 2. The van der Waals surface area contributed by atoms with Crippen LogP contribution in [0.1, 0.15) is 45.0 Å². The Hall–Kier alpha value is -2.57. The summed E-state index contributed by atoms with van der Waals surface area (Å²) in [6.07, 6.45) is 5.46. The van der Waals surface area contributed by atoms with E-state index in [0.29, 0.717) is 13.1 Å². The van der Waals surface area contributed by atoms with Crippen LogP contribution in [0.3, 0.4) is 0 Å². The summed E-state index contributed by atoms with van der Waals surface area (Å²) in [5.41, 5.74) is 1.41. The lowest BCUT2D eigenvalue weighted by Crippen LogP contribution is -2.41. The second-order valence-corrected chi connectivity index (χ2v) is 9.84. The normalized spacial score (nSPS) is 26.9. The highest BCUT2D eigenvalue weighted by Gasteiger charge is 2.62. The number of piperidine rings is 1. The number of nitrogens with one attached hydrogen (secondary N) is 1. The Morgan fingerprint density at radius 1 is 1.24 bits per heavy atom. The van der Waals surface area contributed by atoms with E-state index < -0.39 is 5.60 Å². The van der Waals surface area contributed by atoms with Gasteiger partial charge in [-0.15, -0.1) is 0 Å². The van der Waals surface area contributed by atoms with Gasteiger partial charge in [0.2, 0.25) is 5.91 Å². The number of imidazole rings is 1. The number of hydrogen-bond acceptors (Lipinski definition) is 4. The van der Waals surface area contributed by atoms with Gasteiger partial charge in [-0.2, -0.15) is 0 Å². The third-order valence-electron chi connectivity index (χ3n) is 6.47. The molecular formula is C22H28N4O3. The number of aryl methyl sites for hydroxylation is 1. The summed E-state index contributed by atoms with van der Waals surface area (Å²) in [6, 6.07) is 4.09. The molecule has 7 heteroatoms. The summed E-state index contributed by atoms with van der Waals surface area (Å²) in [6.45, 7) is 8.89. The summed E-state index contributed by atoms with van der Waals surface area (Å²) >= 11 is 0. The fourth-order valence-corrected chi connectivity index (χ4v) is 4.76. The number of nitrogens with zero attached hydrogens (tertiary/aromatic N) is 3. The van der Waals surface area contributed by atoms with E-state index in [-0.39, 0.29) is 35.3 Å². The molecule has 2 amide bonds. The van der Waals surface area contributed by atoms with Gasteiger partial charge >= 0.3 is 6.09 Å². The Bertz CT molecular complexity index is 989. The van der Waals surface area contributed by atoms with Crippen LogP contribution in [0, 0.1) is 24.7 Å². The Morgan fingerprint density at radius 2 is 1.93 bits per heavy atom. The molecule has 0 aromatic carbocycles. The Balaban J connectivity index is 1.24. The van der Waals surface area contributed by atoms with Crippen molar-refractivity contribution in [3.05, 3.63) is 35.9 Å². The standard InChI is InChI=1S/C22H28N4O3/c1-13-6-5-9-26-16(13)10-23-19(26)22(7-8-22)24-18(27)17-14-11-25(12-15(14)17)20(28)29-21(2,3)4/h5-6,9-10,14-15,17H,7-8,11-12H2,1-4H3,(H,24,27). The lowest BCUT2D eigenvalue weighted by Gasteiger charge is -2.26. The van der Waals surface area contributed by atoms with Gasteiger partial charge in [-0.25, -0.2) is 9.78 Å². The van der Waals surface area contributed by atoms with Crippen molar-refractivity contribution in [1.82, 2.24) is 19.6 Å². The molecule has 3 heterocycles. The van der Waals surface area contributed by atoms with Gasteiger partial charge in [-0.05, 0) is 64.0 Å². The summed E-state index contributed by atoms with van der Waals surface area (Å²) in [4.78, 5) is 31.6. The third kappa shape index (κ3) is 3.07. The van der Waals surface area contributed by atoms with Crippen LogP contribution in [0.2, 0.25) is 0 Å². The van der Waals surface area contributed by atoms with Crippen LogP contribution in [-0.2, 0) is 15.1 Å². The maximum Gasteiger partial charge on any atom is 0.410 e. The minimum absolute atomic E-state index is 0.000811. The fraction of sp³-hybridized carbons (Fsp3) is 0.591. The number of carbonyl (C=O) groups is 2. The molecule has 2 unspecified atom stereocenters. The highest BCUT2D eigenvalue weighted by atomic mass is 16.6. The van der Waals surface area contributed by atoms with Crippen molar-refractivity contribution in [2.75, 3.05) is 13.1 Å². The van der Waals surface area contributed by atoms with Crippen LogP contribution in [0.5, 0.6) is 0 Å². The first-order valence-corrected chi connectivity index (χ1v) is 10.4. The fourth-order valence-electron chi connectivity index (χ4n) is 4.76. The number of fused-ring (bicyclic) bond motifs is 2.